The molecule has 0 saturated heterocycles. The van der Waals surface area contributed by atoms with Crippen LogP contribution < -0.4 is 25.8 Å². The molecule has 0 spiro atoms. The fourth-order valence-corrected chi connectivity index (χ4v) is 4.13. The molecular formula is C27H34N4O6. The summed E-state index contributed by atoms with van der Waals surface area (Å²) in [6.45, 7) is 6.62. The molecule has 0 radical (unpaired) electrons. The van der Waals surface area contributed by atoms with Crippen LogP contribution in [0.5, 0.6) is 11.5 Å². The van der Waals surface area contributed by atoms with Crippen molar-refractivity contribution < 1.29 is 28.9 Å². The molecule has 2 aromatic carbocycles. The lowest BCUT2D eigenvalue weighted by atomic mass is 10.0. The second-order valence-electron chi connectivity index (χ2n) is 8.15. The number of nitrogens with one attached hydrogen (secondary N) is 2. The van der Waals surface area contributed by atoms with Gasteiger partial charge in [0.1, 0.15) is 6.04 Å². The number of primary amides is 1. The number of pyridine rings is 1. The maximum Gasteiger partial charge on any atom is 0.325 e. The van der Waals surface area contributed by atoms with Crippen LogP contribution in [0.1, 0.15) is 42.3 Å². The molecule has 1 amide bonds. The summed E-state index contributed by atoms with van der Waals surface area (Å²) in [4.78, 5) is 28.7. The first kappa shape index (κ1) is 27.7. The number of fused-ring (bicyclic) bond motifs is 1. The van der Waals surface area contributed by atoms with E-state index < -0.39 is 17.9 Å². The molecule has 0 unspecified atom stereocenters. The number of carbonyl (C=O) groups is 2. The van der Waals surface area contributed by atoms with Crippen molar-refractivity contribution in [2.45, 2.75) is 39.8 Å². The average Bonchev–Trinajstić information content (AvgIpc) is 2.89. The summed E-state index contributed by atoms with van der Waals surface area (Å²) in [5.41, 5.74) is 9.72. The number of esters is 1. The SMILES string of the molecule is CCOc1cc2ncc(C(N)=O)c(Nc3cccc(CN[C@@H](CO)C(=O)OC)c3CC)c2cc1OCC. The van der Waals surface area contributed by atoms with Gasteiger partial charge in [0, 0.05) is 29.9 Å². The van der Waals surface area contributed by atoms with E-state index in [1.54, 1.807) is 12.1 Å². The monoisotopic (exact) mass is 510 g/mol. The molecule has 1 heterocycles. The van der Waals surface area contributed by atoms with Crippen LogP contribution in [-0.2, 0) is 22.5 Å². The summed E-state index contributed by atoms with van der Waals surface area (Å²) in [6, 6.07) is 8.45. The normalized spacial score (nSPS) is 11.7. The second-order valence-corrected chi connectivity index (χ2v) is 8.15. The fourth-order valence-electron chi connectivity index (χ4n) is 4.13. The summed E-state index contributed by atoms with van der Waals surface area (Å²) in [7, 11) is 1.28. The molecule has 198 valence electrons. The molecule has 0 bridgehead atoms. The molecule has 5 N–H and O–H groups in total. The number of hydrogen-bond donors (Lipinski definition) is 4. The lowest BCUT2D eigenvalue weighted by Gasteiger charge is -2.20. The van der Waals surface area contributed by atoms with Crippen molar-refractivity contribution in [3.63, 3.8) is 0 Å². The van der Waals surface area contributed by atoms with E-state index in [4.69, 9.17) is 19.9 Å². The number of nitrogens with two attached hydrogens (primary N) is 1. The standard InChI is InChI=1S/C27H34N4O6/c1-5-17-16(13-29-22(15-32)27(34)35-4)9-8-10-20(17)31-25-18-11-23(36-6-2)24(37-7-3)12-21(18)30-14-19(25)26(28)33/h8-12,14,22,29,32H,5-7,13,15H2,1-4H3,(H2,28,33)(H,30,31)/t22-/m0/s1. The molecule has 0 saturated carbocycles. The third kappa shape index (κ3) is 6.28. The van der Waals surface area contributed by atoms with Crippen LogP contribution >= 0.6 is 0 Å². The zero-order chi connectivity index (χ0) is 26.9. The molecule has 0 aliphatic carbocycles. The predicted octanol–water partition coefficient (Wildman–Crippen LogP) is 3.06. The molecular weight excluding hydrogens is 476 g/mol. The highest BCUT2D eigenvalue weighted by Crippen LogP contribution is 2.38. The second kappa shape index (κ2) is 12.9. The number of methoxy groups -OCH3 is 1. The van der Waals surface area contributed by atoms with Crippen molar-refractivity contribution >= 4 is 34.2 Å². The Morgan fingerprint density at radius 2 is 1.81 bits per heavy atom. The molecule has 0 fully saturated rings. The van der Waals surface area contributed by atoms with Gasteiger partial charge >= 0.3 is 5.97 Å². The highest BCUT2D eigenvalue weighted by atomic mass is 16.5. The van der Waals surface area contributed by atoms with Gasteiger partial charge in [-0.2, -0.15) is 0 Å². The quantitative estimate of drug-likeness (QED) is 0.255. The van der Waals surface area contributed by atoms with E-state index in [9.17, 15) is 14.7 Å². The van der Waals surface area contributed by atoms with Gasteiger partial charge < -0.3 is 30.4 Å². The Hall–Kier alpha value is -3.89. The van der Waals surface area contributed by atoms with Crippen molar-refractivity contribution in [2.24, 2.45) is 5.73 Å². The Morgan fingerprint density at radius 1 is 1.11 bits per heavy atom. The van der Waals surface area contributed by atoms with E-state index in [0.717, 1.165) is 16.8 Å². The molecule has 37 heavy (non-hydrogen) atoms. The van der Waals surface area contributed by atoms with Crippen molar-refractivity contribution in [2.75, 3.05) is 32.2 Å². The van der Waals surface area contributed by atoms with Gasteiger partial charge in [-0.1, -0.05) is 19.1 Å². The number of hydrogen-bond acceptors (Lipinski definition) is 9. The largest absolute Gasteiger partial charge is 0.490 e. The summed E-state index contributed by atoms with van der Waals surface area (Å²) >= 11 is 0. The first-order valence-electron chi connectivity index (χ1n) is 12.2. The molecule has 0 aliphatic heterocycles. The van der Waals surface area contributed by atoms with Gasteiger partial charge in [-0.25, -0.2) is 0 Å². The Bertz CT molecular complexity index is 1260. The highest BCUT2D eigenvalue weighted by Gasteiger charge is 2.20. The van der Waals surface area contributed by atoms with E-state index in [1.807, 2.05) is 39.0 Å². The van der Waals surface area contributed by atoms with E-state index in [2.05, 4.69) is 15.6 Å². The van der Waals surface area contributed by atoms with E-state index in [-0.39, 0.29) is 12.2 Å². The number of carbonyl (C=O) groups excluding carboxylic acids is 2. The van der Waals surface area contributed by atoms with Crippen molar-refractivity contribution in [1.29, 1.82) is 0 Å². The van der Waals surface area contributed by atoms with Gasteiger partial charge in [0.25, 0.3) is 5.91 Å². The zero-order valence-corrected chi connectivity index (χ0v) is 21.6. The van der Waals surface area contributed by atoms with Crippen LogP contribution in [0.2, 0.25) is 0 Å². The molecule has 1 atom stereocenters. The van der Waals surface area contributed by atoms with Gasteiger partial charge in [0.15, 0.2) is 11.5 Å². The smallest absolute Gasteiger partial charge is 0.325 e. The lowest BCUT2D eigenvalue weighted by molar-refractivity contribution is -0.144. The fraction of sp³-hybridized carbons (Fsp3) is 0.370. The lowest BCUT2D eigenvalue weighted by Crippen LogP contribution is -2.40. The van der Waals surface area contributed by atoms with Gasteiger partial charge in [0.05, 0.1) is 43.7 Å². The first-order chi connectivity index (χ1) is 17.9. The maximum absolute atomic E-state index is 12.4. The van der Waals surface area contributed by atoms with Gasteiger partial charge in [-0.15, -0.1) is 0 Å². The van der Waals surface area contributed by atoms with Crippen molar-refractivity contribution in [3.05, 3.63) is 53.2 Å². The van der Waals surface area contributed by atoms with Crippen molar-refractivity contribution in [3.8, 4) is 11.5 Å². The number of aromatic nitrogens is 1. The molecule has 3 rings (SSSR count). The number of rotatable bonds is 13. The number of ether oxygens (including phenoxy) is 3. The summed E-state index contributed by atoms with van der Waals surface area (Å²) in [5.74, 6) is -0.0625. The number of nitrogens with zero attached hydrogens (tertiary/aromatic N) is 1. The predicted molar refractivity (Wildman–Crippen MR) is 141 cm³/mol. The van der Waals surface area contributed by atoms with Crippen LogP contribution in [0, 0.1) is 0 Å². The average molecular weight is 511 g/mol. The highest BCUT2D eigenvalue weighted by molar-refractivity contribution is 6.08. The van der Waals surface area contributed by atoms with Gasteiger partial charge in [-0.3, -0.25) is 19.9 Å². The molecule has 0 aliphatic rings. The van der Waals surface area contributed by atoms with Crippen LogP contribution in [0.3, 0.4) is 0 Å². The third-order valence-corrected chi connectivity index (χ3v) is 5.89. The number of benzene rings is 2. The Morgan fingerprint density at radius 3 is 2.41 bits per heavy atom. The number of anilines is 2. The van der Waals surface area contributed by atoms with E-state index >= 15 is 0 Å². The number of aliphatic hydroxyl groups is 1. The Balaban J connectivity index is 2.08. The maximum atomic E-state index is 12.4. The van der Waals surface area contributed by atoms with E-state index in [1.165, 1.54) is 13.3 Å². The minimum Gasteiger partial charge on any atom is -0.490 e. The topological polar surface area (TPSA) is 145 Å². The summed E-state index contributed by atoms with van der Waals surface area (Å²) in [5, 5.41) is 16.6. The molecule has 1 aromatic heterocycles. The van der Waals surface area contributed by atoms with Crippen LogP contribution in [0.15, 0.2) is 36.5 Å². The Labute approximate surface area is 216 Å². The summed E-state index contributed by atoms with van der Waals surface area (Å²) < 4.78 is 16.3. The van der Waals surface area contributed by atoms with Gasteiger partial charge in [-0.05, 0) is 43.5 Å². The number of amides is 1. The minimum atomic E-state index is -0.839. The zero-order valence-electron chi connectivity index (χ0n) is 21.6. The summed E-state index contributed by atoms with van der Waals surface area (Å²) in [6.07, 6.45) is 2.11. The third-order valence-electron chi connectivity index (χ3n) is 5.89. The van der Waals surface area contributed by atoms with Gasteiger partial charge in [0.2, 0.25) is 0 Å². The Kier molecular flexibility index (Phi) is 9.64. The minimum absolute atomic E-state index is 0.232. The molecule has 10 nitrogen and oxygen atoms in total. The van der Waals surface area contributed by atoms with E-state index in [0.29, 0.717) is 54.3 Å². The van der Waals surface area contributed by atoms with Crippen LogP contribution in [0.25, 0.3) is 10.9 Å². The number of aliphatic hydroxyl groups excluding tert-OH is 1. The molecule has 3 aromatic rings. The van der Waals surface area contributed by atoms with Crippen LogP contribution in [-0.4, -0.2) is 54.9 Å². The molecule has 10 heteroatoms. The van der Waals surface area contributed by atoms with Crippen LogP contribution in [0.4, 0.5) is 11.4 Å². The van der Waals surface area contributed by atoms with Crippen molar-refractivity contribution in [1.82, 2.24) is 10.3 Å². The first-order valence-corrected chi connectivity index (χ1v) is 12.2.